The molecule has 1 aromatic carbocycles. The topological polar surface area (TPSA) is 77.8 Å². The van der Waals surface area contributed by atoms with E-state index in [0.717, 1.165) is 27.0 Å². The summed E-state index contributed by atoms with van der Waals surface area (Å²) in [5, 5.41) is 9.03. The van der Waals surface area contributed by atoms with Gasteiger partial charge in [0.05, 0.1) is 5.69 Å². The third-order valence-corrected chi connectivity index (χ3v) is 5.45. The third-order valence-electron chi connectivity index (χ3n) is 4.37. The number of thiophene rings is 1. The summed E-state index contributed by atoms with van der Waals surface area (Å²) >= 11 is 1.42. The van der Waals surface area contributed by atoms with Gasteiger partial charge in [-0.25, -0.2) is 9.37 Å². The van der Waals surface area contributed by atoms with Gasteiger partial charge in [-0.3, -0.25) is 0 Å². The highest BCUT2D eigenvalue weighted by Gasteiger charge is 2.21. The summed E-state index contributed by atoms with van der Waals surface area (Å²) in [6, 6.07) is 6.03. The molecule has 126 valence electrons. The standard InChI is InChI=1S/C18H15FN4OS/c1-8-9(2)13-14(20)15(25-18(13)21-10(8)3)17-23-22-16(24-17)11-5-4-6-12(19)7-11/h4-7H,20H2,1-3H3. The minimum Gasteiger partial charge on any atom is -0.415 e. The van der Waals surface area contributed by atoms with E-state index in [1.807, 2.05) is 20.8 Å². The first-order valence-electron chi connectivity index (χ1n) is 7.71. The summed E-state index contributed by atoms with van der Waals surface area (Å²) in [5.41, 5.74) is 10.7. The molecule has 7 heteroatoms. The van der Waals surface area contributed by atoms with Crippen LogP contribution < -0.4 is 5.73 Å². The van der Waals surface area contributed by atoms with Crippen LogP contribution >= 0.6 is 11.3 Å². The van der Waals surface area contributed by atoms with Gasteiger partial charge in [-0.05, 0) is 50.1 Å². The Labute approximate surface area is 147 Å². The zero-order valence-electron chi connectivity index (χ0n) is 13.9. The Balaban J connectivity index is 1.86. The van der Waals surface area contributed by atoms with E-state index >= 15 is 0 Å². The second-order valence-corrected chi connectivity index (χ2v) is 6.89. The van der Waals surface area contributed by atoms with Gasteiger partial charge in [-0.1, -0.05) is 6.07 Å². The summed E-state index contributed by atoms with van der Waals surface area (Å²) in [4.78, 5) is 6.15. The zero-order chi connectivity index (χ0) is 17.7. The number of nitrogens with two attached hydrogens (primary N) is 1. The molecule has 2 N–H and O–H groups in total. The van der Waals surface area contributed by atoms with Crippen LogP contribution in [-0.4, -0.2) is 15.2 Å². The summed E-state index contributed by atoms with van der Waals surface area (Å²) in [6.07, 6.45) is 0. The molecule has 3 heterocycles. The summed E-state index contributed by atoms with van der Waals surface area (Å²) in [6.45, 7) is 6.04. The predicted molar refractivity (Wildman–Crippen MR) is 96.9 cm³/mol. The highest BCUT2D eigenvalue weighted by atomic mass is 32.1. The number of aromatic nitrogens is 3. The van der Waals surface area contributed by atoms with Crippen LogP contribution in [0, 0.1) is 26.6 Å². The van der Waals surface area contributed by atoms with E-state index in [4.69, 9.17) is 10.2 Å². The lowest BCUT2D eigenvalue weighted by molar-refractivity contribution is 0.583. The first-order chi connectivity index (χ1) is 12.0. The summed E-state index contributed by atoms with van der Waals surface area (Å²) in [7, 11) is 0. The van der Waals surface area contributed by atoms with Crippen molar-refractivity contribution in [1.29, 1.82) is 0 Å². The fourth-order valence-electron chi connectivity index (χ4n) is 2.78. The van der Waals surface area contributed by atoms with Gasteiger partial charge < -0.3 is 10.2 Å². The highest BCUT2D eigenvalue weighted by molar-refractivity contribution is 7.22. The number of pyridine rings is 1. The van der Waals surface area contributed by atoms with Crippen LogP contribution in [0.3, 0.4) is 0 Å². The largest absolute Gasteiger partial charge is 0.415 e. The van der Waals surface area contributed by atoms with Gasteiger partial charge in [0.2, 0.25) is 5.89 Å². The number of anilines is 1. The molecule has 0 spiro atoms. The van der Waals surface area contributed by atoms with E-state index in [1.54, 1.807) is 12.1 Å². The number of hydrogen-bond donors (Lipinski definition) is 1. The number of fused-ring (bicyclic) bond motifs is 1. The smallest absolute Gasteiger partial charge is 0.260 e. The molecule has 0 aliphatic heterocycles. The Hall–Kier alpha value is -2.80. The molecule has 0 unspecified atom stereocenters. The molecule has 0 saturated carbocycles. The van der Waals surface area contributed by atoms with Gasteiger partial charge in [0.1, 0.15) is 15.5 Å². The van der Waals surface area contributed by atoms with Gasteiger partial charge in [0.25, 0.3) is 5.89 Å². The van der Waals surface area contributed by atoms with E-state index in [1.165, 1.54) is 23.5 Å². The van der Waals surface area contributed by atoms with Crippen LogP contribution in [0.15, 0.2) is 28.7 Å². The zero-order valence-corrected chi connectivity index (χ0v) is 14.7. The normalized spacial score (nSPS) is 11.4. The molecule has 0 aliphatic carbocycles. The van der Waals surface area contributed by atoms with Gasteiger partial charge >= 0.3 is 0 Å². The molecule has 0 saturated heterocycles. The van der Waals surface area contributed by atoms with Crippen LogP contribution in [-0.2, 0) is 0 Å². The number of hydrogen-bond acceptors (Lipinski definition) is 6. The third kappa shape index (κ3) is 2.47. The lowest BCUT2D eigenvalue weighted by atomic mass is 10.1. The van der Waals surface area contributed by atoms with Gasteiger partial charge in [-0.15, -0.1) is 21.5 Å². The molecular weight excluding hydrogens is 339 g/mol. The van der Waals surface area contributed by atoms with E-state index in [9.17, 15) is 4.39 Å². The maximum absolute atomic E-state index is 13.4. The number of benzene rings is 1. The molecule has 0 aliphatic rings. The predicted octanol–water partition coefficient (Wildman–Crippen LogP) is 4.66. The highest BCUT2D eigenvalue weighted by Crippen LogP contribution is 2.42. The van der Waals surface area contributed by atoms with E-state index in [-0.39, 0.29) is 11.7 Å². The second-order valence-electron chi connectivity index (χ2n) is 5.89. The monoisotopic (exact) mass is 354 g/mol. The first kappa shape index (κ1) is 15.7. The molecule has 0 atom stereocenters. The van der Waals surface area contributed by atoms with Crippen LogP contribution in [0.5, 0.6) is 0 Å². The molecule has 0 fully saturated rings. The Morgan fingerprint density at radius 3 is 2.60 bits per heavy atom. The molecule has 5 nitrogen and oxygen atoms in total. The van der Waals surface area contributed by atoms with Crippen molar-refractivity contribution in [1.82, 2.24) is 15.2 Å². The second kappa shape index (κ2) is 5.63. The summed E-state index contributed by atoms with van der Waals surface area (Å²) < 4.78 is 19.1. The Bertz CT molecular complexity index is 1120. The summed E-state index contributed by atoms with van der Waals surface area (Å²) in [5.74, 6) is 0.210. The minimum absolute atomic E-state index is 0.253. The van der Waals surface area contributed by atoms with Crippen molar-refractivity contribution < 1.29 is 8.81 Å². The lowest BCUT2D eigenvalue weighted by Gasteiger charge is -2.05. The number of nitrogen functional groups attached to an aromatic ring is 1. The minimum atomic E-state index is -0.357. The molecule has 0 amide bonds. The Kier molecular flexibility index (Phi) is 3.54. The van der Waals surface area contributed by atoms with Crippen LogP contribution in [0.2, 0.25) is 0 Å². The van der Waals surface area contributed by atoms with Crippen molar-refractivity contribution >= 4 is 27.2 Å². The van der Waals surface area contributed by atoms with Crippen molar-refractivity contribution in [2.24, 2.45) is 0 Å². The fraction of sp³-hybridized carbons (Fsp3) is 0.167. The quantitative estimate of drug-likeness (QED) is 0.566. The Morgan fingerprint density at radius 2 is 1.84 bits per heavy atom. The molecular formula is C18H15FN4OS. The Morgan fingerprint density at radius 1 is 1.08 bits per heavy atom. The van der Waals surface area contributed by atoms with Gasteiger partial charge in [0, 0.05) is 16.6 Å². The molecule has 0 bridgehead atoms. The van der Waals surface area contributed by atoms with Crippen LogP contribution in [0.25, 0.3) is 32.4 Å². The van der Waals surface area contributed by atoms with E-state index in [2.05, 4.69) is 15.2 Å². The number of halogens is 1. The van der Waals surface area contributed by atoms with E-state index < -0.39 is 0 Å². The lowest BCUT2D eigenvalue weighted by Crippen LogP contribution is -1.93. The van der Waals surface area contributed by atoms with Crippen molar-refractivity contribution in [3.8, 4) is 22.2 Å². The maximum Gasteiger partial charge on any atom is 0.260 e. The van der Waals surface area contributed by atoms with E-state index in [0.29, 0.717) is 22.0 Å². The molecule has 25 heavy (non-hydrogen) atoms. The molecule has 4 aromatic rings. The fourth-order valence-corrected chi connectivity index (χ4v) is 3.90. The van der Waals surface area contributed by atoms with Crippen LogP contribution in [0.1, 0.15) is 16.8 Å². The average Bonchev–Trinajstić information content (AvgIpc) is 3.18. The van der Waals surface area contributed by atoms with Crippen molar-refractivity contribution in [2.45, 2.75) is 20.8 Å². The number of rotatable bonds is 2. The van der Waals surface area contributed by atoms with Gasteiger partial charge in [-0.2, -0.15) is 0 Å². The number of nitrogens with zero attached hydrogens (tertiary/aromatic N) is 3. The molecule has 3 aromatic heterocycles. The average molecular weight is 354 g/mol. The maximum atomic E-state index is 13.4. The van der Waals surface area contributed by atoms with Gasteiger partial charge in [0.15, 0.2) is 0 Å². The van der Waals surface area contributed by atoms with Crippen molar-refractivity contribution in [2.75, 3.05) is 5.73 Å². The van der Waals surface area contributed by atoms with Crippen molar-refractivity contribution in [3.05, 3.63) is 46.9 Å². The molecule has 4 rings (SSSR count). The number of aryl methyl sites for hydroxylation is 2. The molecule has 0 radical (unpaired) electrons. The van der Waals surface area contributed by atoms with Crippen LogP contribution in [0.4, 0.5) is 10.1 Å². The SMILES string of the molecule is Cc1nc2sc(-c3nnc(-c4cccc(F)c4)o3)c(N)c2c(C)c1C. The van der Waals surface area contributed by atoms with Crippen molar-refractivity contribution in [3.63, 3.8) is 0 Å². The first-order valence-corrected chi connectivity index (χ1v) is 8.53.